The van der Waals surface area contributed by atoms with Crippen LogP contribution in [-0.4, -0.2) is 6.54 Å². The number of nitrogens with one attached hydrogen (secondary N) is 1. The highest BCUT2D eigenvalue weighted by molar-refractivity contribution is 6.31. The summed E-state index contributed by atoms with van der Waals surface area (Å²) in [7, 11) is 0. The van der Waals surface area contributed by atoms with Gasteiger partial charge in [-0.05, 0) is 54.4 Å². The fraction of sp³-hybridized carbons (Fsp3) is 0.294. The van der Waals surface area contributed by atoms with Crippen LogP contribution in [0.25, 0.3) is 0 Å². The molecule has 2 aromatic carbocycles. The number of halogens is 1. The van der Waals surface area contributed by atoms with Crippen molar-refractivity contribution in [2.24, 2.45) is 0 Å². The molecule has 0 amide bonds. The molecular weight excluding hydrogens is 270 g/mol. The Morgan fingerprint density at radius 1 is 1.05 bits per heavy atom. The molecule has 2 aromatic rings. The van der Waals surface area contributed by atoms with Gasteiger partial charge in [0, 0.05) is 11.6 Å². The summed E-state index contributed by atoms with van der Waals surface area (Å²) in [4.78, 5) is 0. The van der Waals surface area contributed by atoms with E-state index in [1.165, 1.54) is 5.56 Å². The van der Waals surface area contributed by atoms with Crippen LogP contribution in [0.3, 0.4) is 0 Å². The van der Waals surface area contributed by atoms with E-state index in [0.717, 1.165) is 41.6 Å². The van der Waals surface area contributed by atoms with E-state index >= 15 is 0 Å². The second kappa shape index (κ2) is 7.32. The zero-order valence-corrected chi connectivity index (χ0v) is 12.7. The Kier molecular flexibility index (Phi) is 5.45. The molecular formula is C17H20ClNO. The van der Waals surface area contributed by atoms with Crippen molar-refractivity contribution < 1.29 is 4.74 Å². The van der Waals surface area contributed by atoms with Crippen LogP contribution in [0.15, 0.2) is 42.5 Å². The van der Waals surface area contributed by atoms with Gasteiger partial charge in [-0.15, -0.1) is 0 Å². The predicted octanol–water partition coefficient (Wildman–Crippen LogP) is 4.80. The highest BCUT2D eigenvalue weighted by Gasteiger charge is 2.03. The lowest BCUT2D eigenvalue weighted by atomic mass is 10.1. The second-order valence-electron chi connectivity index (χ2n) is 4.64. The summed E-state index contributed by atoms with van der Waals surface area (Å²) in [6.07, 6.45) is 0.899. The molecule has 3 heteroatoms. The Morgan fingerprint density at radius 2 is 1.85 bits per heavy atom. The average molecular weight is 290 g/mol. The van der Waals surface area contributed by atoms with E-state index < -0.39 is 0 Å². The smallest absolute Gasteiger partial charge is 0.127 e. The van der Waals surface area contributed by atoms with Crippen molar-refractivity contribution in [3.8, 4) is 11.5 Å². The topological polar surface area (TPSA) is 21.3 Å². The van der Waals surface area contributed by atoms with Crippen LogP contribution in [0.5, 0.6) is 11.5 Å². The third-order valence-electron chi connectivity index (χ3n) is 3.11. The molecule has 20 heavy (non-hydrogen) atoms. The van der Waals surface area contributed by atoms with Gasteiger partial charge in [0.05, 0.1) is 0 Å². The molecule has 0 aliphatic heterocycles. The second-order valence-corrected chi connectivity index (χ2v) is 5.04. The monoisotopic (exact) mass is 289 g/mol. The summed E-state index contributed by atoms with van der Waals surface area (Å²) >= 11 is 6.12. The minimum Gasteiger partial charge on any atom is -0.457 e. The van der Waals surface area contributed by atoms with Gasteiger partial charge in [-0.3, -0.25) is 0 Å². The lowest BCUT2D eigenvalue weighted by molar-refractivity contribution is 0.481. The van der Waals surface area contributed by atoms with Crippen molar-refractivity contribution in [3.05, 3.63) is 58.6 Å². The van der Waals surface area contributed by atoms with Crippen molar-refractivity contribution in [1.82, 2.24) is 5.32 Å². The van der Waals surface area contributed by atoms with E-state index in [4.69, 9.17) is 16.3 Å². The van der Waals surface area contributed by atoms with Crippen molar-refractivity contribution >= 4 is 11.6 Å². The van der Waals surface area contributed by atoms with Crippen LogP contribution in [0.4, 0.5) is 0 Å². The number of hydrogen-bond acceptors (Lipinski definition) is 2. The third-order valence-corrected chi connectivity index (χ3v) is 3.48. The summed E-state index contributed by atoms with van der Waals surface area (Å²) in [5.74, 6) is 1.68. The van der Waals surface area contributed by atoms with Crippen LogP contribution < -0.4 is 10.1 Å². The molecule has 106 valence electrons. The first kappa shape index (κ1) is 14.9. The minimum atomic E-state index is 0.792. The van der Waals surface area contributed by atoms with E-state index in [1.54, 1.807) is 0 Å². The average Bonchev–Trinajstić information content (AvgIpc) is 2.47. The normalized spacial score (nSPS) is 10.6. The molecule has 0 spiro atoms. The van der Waals surface area contributed by atoms with Crippen LogP contribution in [-0.2, 0) is 13.0 Å². The van der Waals surface area contributed by atoms with E-state index in [9.17, 15) is 0 Å². The Morgan fingerprint density at radius 3 is 2.60 bits per heavy atom. The molecule has 2 rings (SSSR count). The first-order valence-corrected chi connectivity index (χ1v) is 7.36. The SMILES string of the molecule is CCNCc1cccc(Oc2ccc(Cl)c(CC)c2)c1. The van der Waals surface area contributed by atoms with Gasteiger partial charge < -0.3 is 10.1 Å². The van der Waals surface area contributed by atoms with Crippen LogP contribution in [0.1, 0.15) is 25.0 Å². The first-order valence-electron chi connectivity index (χ1n) is 6.99. The zero-order valence-electron chi connectivity index (χ0n) is 11.9. The van der Waals surface area contributed by atoms with Crippen molar-refractivity contribution in [3.63, 3.8) is 0 Å². The van der Waals surface area contributed by atoms with E-state index in [-0.39, 0.29) is 0 Å². The van der Waals surface area contributed by atoms with Gasteiger partial charge in [-0.25, -0.2) is 0 Å². The van der Waals surface area contributed by atoms with Gasteiger partial charge in [0.15, 0.2) is 0 Å². The van der Waals surface area contributed by atoms with E-state index in [0.29, 0.717) is 0 Å². The minimum absolute atomic E-state index is 0.792. The van der Waals surface area contributed by atoms with Gasteiger partial charge >= 0.3 is 0 Å². The van der Waals surface area contributed by atoms with Gasteiger partial charge in [-0.1, -0.05) is 37.6 Å². The standard InChI is InChI=1S/C17H20ClNO/c1-3-14-11-16(8-9-17(14)18)20-15-7-5-6-13(10-15)12-19-4-2/h5-11,19H,3-4,12H2,1-2H3. The number of rotatable bonds is 6. The molecule has 0 saturated carbocycles. The molecule has 0 heterocycles. The van der Waals surface area contributed by atoms with Crippen LogP contribution in [0, 0.1) is 0 Å². The molecule has 0 saturated heterocycles. The molecule has 0 aliphatic carbocycles. The molecule has 0 atom stereocenters. The molecule has 2 nitrogen and oxygen atoms in total. The third kappa shape index (κ3) is 3.99. The van der Waals surface area contributed by atoms with Crippen LogP contribution >= 0.6 is 11.6 Å². The summed E-state index contributed by atoms with van der Waals surface area (Å²) < 4.78 is 5.91. The largest absolute Gasteiger partial charge is 0.457 e. The molecule has 0 unspecified atom stereocenters. The predicted molar refractivity (Wildman–Crippen MR) is 84.7 cm³/mol. The van der Waals surface area contributed by atoms with Gasteiger partial charge in [0.1, 0.15) is 11.5 Å². The Hall–Kier alpha value is -1.51. The first-order chi connectivity index (χ1) is 9.72. The maximum atomic E-state index is 6.12. The maximum Gasteiger partial charge on any atom is 0.127 e. The molecule has 1 N–H and O–H groups in total. The van der Waals surface area contributed by atoms with Gasteiger partial charge in [0.2, 0.25) is 0 Å². The van der Waals surface area contributed by atoms with Crippen molar-refractivity contribution in [1.29, 1.82) is 0 Å². The highest BCUT2D eigenvalue weighted by Crippen LogP contribution is 2.27. The Labute approximate surface area is 125 Å². The van der Waals surface area contributed by atoms with Gasteiger partial charge in [-0.2, -0.15) is 0 Å². The number of ether oxygens (including phenoxy) is 1. The highest BCUT2D eigenvalue weighted by atomic mass is 35.5. The molecule has 0 aromatic heterocycles. The maximum absolute atomic E-state index is 6.12. The number of aryl methyl sites for hydroxylation is 1. The number of hydrogen-bond donors (Lipinski definition) is 1. The summed E-state index contributed by atoms with van der Waals surface area (Å²) in [5, 5.41) is 4.10. The van der Waals surface area contributed by atoms with Crippen LogP contribution in [0.2, 0.25) is 5.02 Å². The van der Waals surface area contributed by atoms with E-state index in [2.05, 4.69) is 31.3 Å². The Balaban J connectivity index is 2.13. The molecule has 0 aliphatic rings. The molecule has 0 fully saturated rings. The lowest BCUT2D eigenvalue weighted by Gasteiger charge is -2.10. The summed E-state index contributed by atoms with van der Waals surface area (Å²) in [6.45, 7) is 6.00. The summed E-state index contributed by atoms with van der Waals surface area (Å²) in [5.41, 5.74) is 2.32. The molecule has 0 bridgehead atoms. The number of benzene rings is 2. The quantitative estimate of drug-likeness (QED) is 0.824. The van der Waals surface area contributed by atoms with E-state index in [1.807, 2.05) is 30.3 Å². The molecule has 0 radical (unpaired) electrons. The fourth-order valence-corrected chi connectivity index (χ4v) is 2.26. The summed E-state index contributed by atoms with van der Waals surface area (Å²) in [6, 6.07) is 13.9. The van der Waals surface area contributed by atoms with Crippen molar-refractivity contribution in [2.45, 2.75) is 26.8 Å². The van der Waals surface area contributed by atoms with Gasteiger partial charge in [0.25, 0.3) is 0 Å². The Bertz CT molecular complexity index is 569. The van der Waals surface area contributed by atoms with Crippen molar-refractivity contribution in [2.75, 3.05) is 6.54 Å². The zero-order chi connectivity index (χ0) is 14.4. The fourth-order valence-electron chi connectivity index (χ4n) is 2.01. The lowest BCUT2D eigenvalue weighted by Crippen LogP contribution is -2.11.